The van der Waals surface area contributed by atoms with E-state index in [-0.39, 0.29) is 5.75 Å². The summed E-state index contributed by atoms with van der Waals surface area (Å²) in [5.74, 6) is 0.121. The number of hydrogen-bond donors (Lipinski definition) is 1. The molecule has 0 aromatic heterocycles. The molecule has 1 aliphatic rings. The molecule has 1 aromatic carbocycles. The predicted molar refractivity (Wildman–Crippen MR) is 51.2 cm³/mol. The Morgan fingerprint density at radius 2 is 2.23 bits per heavy atom. The van der Waals surface area contributed by atoms with Crippen LogP contribution in [0.4, 0.5) is 0 Å². The van der Waals surface area contributed by atoms with Crippen LogP contribution >= 0.6 is 0 Å². The summed E-state index contributed by atoms with van der Waals surface area (Å²) in [5.41, 5.74) is 0.779. The van der Waals surface area contributed by atoms with Crippen LogP contribution in [-0.2, 0) is 10.8 Å². The number of hydrogen-bond acceptors (Lipinski definition) is 3. The first-order valence-electron chi connectivity index (χ1n) is 3.71. The number of phenols is 1. The lowest BCUT2D eigenvalue weighted by atomic mass is 10.2. The molecule has 1 aliphatic heterocycles. The highest BCUT2D eigenvalue weighted by Gasteiger charge is 2.08. The topological polar surface area (TPSA) is 49.7 Å². The second kappa shape index (κ2) is 3.14. The number of fused-ring (bicyclic) bond motifs is 1. The van der Waals surface area contributed by atoms with Crippen LogP contribution in [0.15, 0.2) is 39.7 Å². The number of aliphatic imine (C=N–C) groups is 1. The van der Waals surface area contributed by atoms with Crippen molar-refractivity contribution in [1.29, 1.82) is 0 Å². The Balaban J connectivity index is 2.65. The monoisotopic (exact) mass is 193 g/mol. The minimum atomic E-state index is -1.21. The van der Waals surface area contributed by atoms with Crippen molar-refractivity contribution in [2.75, 3.05) is 0 Å². The van der Waals surface area contributed by atoms with Crippen LogP contribution in [0.1, 0.15) is 5.56 Å². The van der Waals surface area contributed by atoms with Crippen molar-refractivity contribution in [1.82, 2.24) is 0 Å². The summed E-state index contributed by atoms with van der Waals surface area (Å²) < 4.78 is 11.5. The minimum absolute atomic E-state index is 0.121. The number of benzene rings is 1. The highest BCUT2D eigenvalue weighted by molar-refractivity contribution is 7.88. The standard InChI is InChI=1S/C9H7NO2S/c11-8-2-1-7-6-10-3-4-13(12)9(7)5-8/h1-6,11H. The Hall–Kier alpha value is -1.42. The Kier molecular flexibility index (Phi) is 1.98. The minimum Gasteiger partial charge on any atom is -0.508 e. The summed E-state index contributed by atoms with van der Waals surface area (Å²) in [6, 6.07) is 4.74. The van der Waals surface area contributed by atoms with Gasteiger partial charge in [0.1, 0.15) is 5.75 Å². The molecule has 0 bridgehead atoms. The van der Waals surface area contributed by atoms with Crippen molar-refractivity contribution >= 4 is 17.0 Å². The van der Waals surface area contributed by atoms with E-state index < -0.39 is 10.8 Å². The molecule has 0 amide bonds. The normalized spacial score (nSPS) is 19.5. The smallest absolute Gasteiger partial charge is 0.116 e. The van der Waals surface area contributed by atoms with Crippen LogP contribution in [0.2, 0.25) is 0 Å². The fourth-order valence-electron chi connectivity index (χ4n) is 1.09. The average Bonchev–Trinajstić information content (AvgIpc) is 2.29. The van der Waals surface area contributed by atoms with Gasteiger partial charge in [-0.2, -0.15) is 0 Å². The Morgan fingerprint density at radius 1 is 1.38 bits per heavy atom. The third-order valence-electron chi connectivity index (χ3n) is 1.70. The number of phenolic OH excluding ortho intramolecular Hbond substituents is 1. The largest absolute Gasteiger partial charge is 0.508 e. The van der Waals surface area contributed by atoms with Gasteiger partial charge in [0.05, 0.1) is 15.7 Å². The van der Waals surface area contributed by atoms with Gasteiger partial charge in [0.25, 0.3) is 0 Å². The molecule has 2 rings (SSSR count). The van der Waals surface area contributed by atoms with E-state index in [0.717, 1.165) is 5.56 Å². The molecule has 1 heterocycles. The highest BCUT2D eigenvalue weighted by Crippen LogP contribution is 2.20. The van der Waals surface area contributed by atoms with Crippen LogP contribution in [0.5, 0.6) is 5.75 Å². The van der Waals surface area contributed by atoms with Crippen LogP contribution in [0, 0.1) is 0 Å². The summed E-state index contributed by atoms with van der Waals surface area (Å²) in [6.07, 6.45) is 3.11. The summed E-state index contributed by atoms with van der Waals surface area (Å²) in [4.78, 5) is 4.51. The predicted octanol–water partition coefficient (Wildman–Crippen LogP) is 1.40. The summed E-state index contributed by atoms with van der Waals surface area (Å²) in [5, 5.41) is 10.7. The molecule has 1 aromatic rings. The Bertz CT molecular complexity index is 424. The van der Waals surface area contributed by atoms with Gasteiger partial charge >= 0.3 is 0 Å². The van der Waals surface area contributed by atoms with Gasteiger partial charge in [0.15, 0.2) is 0 Å². The Morgan fingerprint density at radius 3 is 3.08 bits per heavy atom. The summed E-state index contributed by atoms with van der Waals surface area (Å²) in [7, 11) is -1.21. The lowest BCUT2D eigenvalue weighted by Gasteiger charge is -2.00. The molecule has 4 heteroatoms. The fourth-order valence-corrected chi connectivity index (χ4v) is 2.01. The molecule has 0 aliphatic carbocycles. The molecule has 13 heavy (non-hydrogen) atoms. The summed E-state index contributed by atoms with van der Waals surface area (Å²) >= 11 is 0. The molecule has 66 valence electrons. The van der Waals surface area contributed by atoms with E-state index in [1.165, 1.54) is 17.7 Å². The van der Waals surface area contributed by atoms with Crippen LogP contribution in [-0.4, -0.2) is 15.5 Å². The van der Waals surface area contributed by atoms with E-state index >= 15 is 0 Å². The molecule has 3 nitrogen and oxygen atoms in total. The van der Waals surface area contributed by atoms with Gasteiger partial charge in [0.2, 0.25) is 0 Å². The molecule has 0 saturated carbocycles. The zero-order chi connectivity index (χ0) is 9.26. The maximum atomic E-state index is 11.5. The Labute approximate surface area is 77.9 Å². The van der Waals surface area contributed by atoms with Gasteiger partial charge in [-0.25, -0.2) is 4.21 Å². The molecular weight excluding hydrogens is 186 g/mol. The zero-order valence-electron chi connectivity index (χ0n) is 6.68. The molecule has 1 unspecified atom stereocenters. The first-order chi connectivity index (χ1) is 6.27. The van der Waals surface area contributed by atoms with Gasteiger partial charge in [-0.05, 0) is 18.2 Å². The molecule has 0 spiro atoms. The van der Waals surface area contributed by atoms with Gasteiger partial charge < -0.3 is 5.11 Å². The molecular formula is C9H7NO2S. The van der Waals surface area contributed by atoms with Crippen LogP contribution < -0.4 is 0 Å². The van der Waals surface area contributed by atoms with Crippen molar-refractivity contribution in [3.05, 3.63) is 35.4 Å². The molecule has 0 saturated heterocycles. The quantitative estimate of drug-likeness (QED) is 0.677. The van der Waals surface area contributed by atoms with Crippen LogP contribution in [0.25, 0.3) is 0 Å². The lowest BCUT2D eigenvalue weighted by Crippen LogP contribution is -1.91. The first-order valence-corrected chi connectivity index (χ1v) is 4.92. The van der Waals surface area contributed by atoms with Gasteiger partial charge in [0, 0.05) is 23.4 Å². The third kappa shape index (κ3) is 1.53. The molecule has 0 radical (unpaired) electrons. The van der Waals surface area contributed by atoms with Crippen molar-refractivity contribution in [2.45, 2.75) is 4.90 Å². The SMILES string of the molecule is O=S1C=CN=Cc2ccc(O)cc21. The fraction of sp³-hybridized carbons (Fsp3) is 0. The highest BCUT2D eigenvalue weighted by atomic mass is 32.2. The average molecular weight is 193 g/mol. The van der Waals surface area contributed by atoms with Crippen LogP contribution in [0.3, 0.4) is 0 Å². The zero-order valence-corrected chi connectivity index (χ0v) is 7.49. The van der Waals surface area contributed by atoms with E-state index in [9.17, 15) is 9.32 Å². The van der Waals surface area contributed by atoms with Crippen molar-refractivity contribution < 1.29 is 9.32 Å². The number of rotatable bonds is 0. The lowest BCUT2D eigenvalue weighted by molar-refractivity contribution is 0.473. The maximum Gasteiger partial charge on any atom is 0.116 e. The summed E-state index contributed by atoms with van der Waals surface area (Å²) in [6.45, 7) is 0. The second-order valence-electron chi connectivity index (χ2n) is 2.58. The van der Waals surface area contributed by atoms with Crippen molar-refractivity contribution in [2.24, 2.45) is 4.99 Å². The molecule has 0 fully saturated rings. The maximum absolute atomic E-state index is 11.5. The van der Waals surface area contributed by atoms with Crippen molar-refractivity contribution in [3.8, 4) is 5.75 Å². The van der Waals surface area contributed by atoms with E-state index in [0.29, 0.717) is 4.90 Å². The van der Waals surface area contributed by atoms with E-state index in [4.69, 9.17) is 0 Å². The van der Waals surface area contributed by atoms with Gasteiger partial charge in [-0.15, -0.1) is 0 Å². The molecule has 1 N–H and O–H groups in total. The van der Waals surface area contributed by atoms with E-state index in [1.807, 2.05) is 0 Å². The van der Waals surface area contributed by atoms with E-state index in [2.05, 4.69) is 4.99 Å². The molecule has 1 atom stereocenters. The number of nitrogens with zero attached hydrogens (tertiary/aromatic N) is 1. The number of aromatic hydroxyl groups is 1. The third-order valence-corrected chi connectivity index (χ3v) is 2.85. The second-order valence-corrected chi connectivity index (χ2v) is 3.89. The van der Waals surface area contributed by atoms with Crippen molar-refractivity contribution in [3.63, 3.8) is 0 Å². The van der Waals surface area contributed by atoms with E-state index in [1.54, 1.807) is 18.3 Å². The van der Waals surface area contributed by atoms with Gasteiger partial charge in [-0.1, -0.05) is 0 Å². The van der Waals surface area contributed by atoms with Gasteiger partial charge in [-0.3, -0.25) is 4.99 Å². The first kappa shape index (κ1) is 8.19.